The van der Waals surface area contributed by atoms with E-state index in [0.717, 1.165) is 12.0 Å². The second kappa shape index (κ2) is 20.3. The second-order valence-corrected chi connectivity index (χ2v) is 18.8. The lowest BCUT2D eigenvalue weighted by atomic mass is 9.65. The van der Waals surface area contributed by atoms with Gasteiger partial charge in [0.1, 0.15) is 30.2 Å². The van der Waals surface area contributed by atoms with Gasteiger partial charge in [0.25, 0.3) is 0 Å². The van der Waals surface area contributed by atoms with Gasteiger partial charge in [-0.05, 0) is 132 Å². The number of rotatable bonds is 11. The average Bonchev–Trinajstić information content (AvgIpc) is 3.82. The van der Waals surface area contributed by atoms with Crippen molar-refractivity contribution in [1.29, 1.82) is 0 Å². The molecule has 1 aromatic rings. The summed E-state index contributed by atoms with van der Waals surface area (Å²) in [5.41, 5.74) is 2.14. The zero-order valence-electron chi connectivity index (χ0n) is 38.2. The molecule has 3 aliphatic carbocycles. The van der Waals surface area contributed by atoms with Gasteiger partial charge >= 0.3 is 12.3 Å². The number of benzene rings is 1. The Balaban J connectivity index is 1.23. The number of Topliss-reactive ketones (excluding diaryl/α,β-unsaturated/α-hetero) is 1. The van der Waals surface area contributed by atoms with Crippen molar-refractivity contribution in [2.45, 2.75) is 159 Å². The highest BCUT2D eigenvalue weighted by atomic mass is 19.4. The van der Waals surface area contributed by atoms with Crippen LogP contribution in [0.2, 0.25) is 0 Å². The first kappa shape index (κ1) is 48.1. The van der Waals surface area contributed by atoms with Crippen molar-refractivity contribution in [3.05, 3.63) is 47.6 Å². The number of allylic oxidation sites excluding steroid dienone is 4. The first-order chi connectivity index (χ1) is 30.0. The van der Waals surface area contributed by atoms with Gasteiger partial charge in [-0.3, -0.25) is 9.59 Å². The maximum Gasteiger partial charge on any atom is 0.573 e. The lowest BCUT2D eigenvalue weighted by Crippen LogP contribution is -2.59. The summed E-state index contributed by atoms with van der Waals surface area (Å²) in [6.45, 7) is 7.91. The molecule has 15 heteroatoms. The second-order valence-electron chi connectivity index (χ2n) is 18.8. The molecule has 6 unspecified atom stereocenters. The summed E-state index contributed by atoms with van der Waals surface area (Å²) in [7, 11) is 8.92. The quantitative estimate of drug-likeness (QED) is 0.201. The Bertz CT molecular complexity index is 1790. The monoisotopic (exact) mass is 891 g/mol. The lowest BCUT2D eigenvalue weighted by molar-refractivity contribution is -0.314. The molecule has 1 aromatic carbocycles. The van der Waals surface area contributed by atoms with Crippen molar-refractivity contribution >= 4 is 17.3 Å². The van der Waals surface area contributed by atoms with Gasteiger partial charge in [0, 0.05) is 39.2 Å². The topological polar surface area (TPSA) is 120 Å². The third-order valence-corrected chi connectivity index (χ3v) is 14.8. The van der Waals surface area contributed by atoms with Crippen molar-refractivity contribution in [2.75, 3.05) is 35.4 Å². The molecule has 1 saturated carbocycles. The Kier molecular flexibility index (Phi) is 15.5. The van der Waals surface area contributed by atoms with E-state index in [1.165, 1.54) is 12.1 Å². The number of likely N-dealkylation sites (N-methyl/N-ethyl adjacent to an activating group) is 1. The number of cyclic esters (lactones) is 1. The number of ketones is 1. The SMILES string of the molecule is CC[C@H]1CCC[C@H](O[C@H]2CC[C@H](N(C)C)C(C)O2)[C@@H](C)C(=O)C2=C[C@@H]3C(C(c4ccc(OC(F)(F)F)cc4)=CC4C[C@@H](O[C@@H]5OC(C)[C@H](OC)C(OC)C5OC)C[C@H]43)[C@@H]2CC(=O)O1. The minimum absolute atomic E-state index is 0.0147. The number of fused-ring (bicyclic) bond motifs is 5. The number of carbonyl (C=O) groups is 2. The molecule has 7 rings (SSSR count). The average molecular weight is 892 g/mol. The third-order valence-electron chi connectivity index (χ3n) is 14.8. The molecule has 6 aliphatic rings. The van der Waals surface area contributed by atoms with Crippen molar-refractivity contribution in [1.82, 2.24) is 4.90 Å². The molecule has 0 spiro atoms. The van der Waals surface area contributed by atoms with Crippen LogP contribution in [0.15, 0.2) is 42.0 Å². The first-order valence-corrected chi connectivity index (χ1v) is 22.9. The summed E-state index contributed by atoms with van der Waals surface area (Å²) in [6.07, 6.45) is 0.954. The van der Waals surface area contributed by atoms with Crippen LogP contribution in [-0.4, -0.2) is 126 Å². The number of alkyl halides is 3. The van der Waals surface area contributed by atoms with Gasteiger partial charge in [-0.1, -0.05) is 38.1 Å². The van der Waals surface area contributed by atoms with Crippen molar-refractivity contribution in [3.8, 4) is 5.75 Å². The van der Waals surface area contributed by atoms with E-state index >= 15 is 4.79 Å². The smallest absolute Gasteiger partial charge is 0.462 e. The molecule has 12 nitrogen and oxygen atoms in total. The molecule has 4 fully saturated rings. The Morgan fingerprint density at radius 3 is 2.16 bits per heavy atom. The molecule has 0 N–H and O–H groups in total. The summed E-state index contributed by atoms with van der Waals surface area (Å²) in [4.78, 5) is 31.3. The third kappa shape index (κ3) is 10.6. The van der Waals surface area contributed by atoms with Crippen LogP contribution in [0.25, 0.3) is 5.57 Å². The van der Waals surface area contributed by atoms with Gasteiger partial charge in [0.15, 0.2) is 18.4 Å². The van der Waals surface area contributed by atoms with Gasteiger partial charge in [-0.15, -0.1) is 13.2 Å². The highest BCUT2D eigenvalue weighted by Crippen LogP contribution is 2.59. The van der Waals surface area contributed by atoms with Crippen LogP contribution in [0.1, 0.15) is 91.0 Å². The maximum absolute atomic E-state index is 15.2. The van der Waals surface area contributed by atoms with Crippen LogP contribution in [0.4, 0.5) is 13.2 Å². The molecule has 0 bridgehead atoms. The predicted octanol–water partition coefficient (Wildman–Crippen LogP) is 7.91. The fourth-order valence-electron chi connectivity index (χ4n) is 11.7. The molecular formula is C48H68F3NO11. The van der Waals surface area contributed by atoms with E-state index in [1.54, 1.807) is 33.5 Å². The summed E-state index contributed by atoms with van der Waals surface area (Å²) < 4.78 is 93.9. The summed E-state index contributed by atoms with van der Waals surface area (Å²) in [6, 6.07) is 6.14. The Morgan fingerprint density at radius 2 is 1.52 bits per heavy atom. The lowest BCUT2D eigenvalue weighted by Gasteiger charge is -2.44. The molecular weight excluding hydrogens is 824 g/mol. The van der Waals surface area contributed by atoms with E-state index in [1.807, 2.05) is 20.8 Å². The molecule has 0 radical (unpaired) electrons. The maximum atomic E-state index is 15.2. The van der Waals surface area contributed by atoms with Gasteiger partial charge in [-0.25, -0.2) is 0 Å². The molecule has 3 saturated heterocycles. The van der Waals surface area contributed by atoms with Gasteiger partial charge in [0.05, 0.1) is 30.8 Å². The standard InChI is InChI=1S/C48H68F3NO11/c1-10-30-12-11-13-39(62-41-19-18-38(52(5)6)26(3)58-41)25(2)43(54)37-23-35-33-22-32(61-47-46(57-9)45(56-8)44(55-7)27(4)59-47)20-29(33)21-34(42(35)36(37)24-40(53)60-30)28-14-16-31(17-15-28)63-48(49,50)51/h14-17,21,23,25-27,29-30,32-33,35-36,38-39,41-42,44-47H,10-13,18-20,22,24H2,1-9H3/t25-,26?,27?,29?,30+,32-,33-,35+,36-,38+,39+,41+,42?,44+,45?,46?,47+/m1/s1. The van der Waals surface area contributed by atoms with Crippen LogP contribution < -0.4 is 4.74 Å². The molecule has 0 aromatic heterocycles. The van der Waals surface area contributed by atoms with E-state index in [0.29, 0.717) is 56.1 Å². The Morgan fingerprint density at radius 1 is 0.810 bits per heavy atom. The number of halogens is 3. The van der Waals surface area contributed by atoms with Crippen molar-refractivity contribution < 1.29 is 65.4 Å². The molecule has 63 heavy (non-hydrogen) atoms. The minimum atomic E-state index is -4.85. The fraction of sp³-hybridized carbons (Fsp3) is 0.750. The van der Waals surface area contributed by atoms with E-state index in [2.05, 4.69) is 42.8 Å². The molecule has 3 heterocycles. The highest BCUT2D eigenvalue weighted by molar-refractivity contribution is 5.99. The van der Waals surface area contributed by atoms with E-state index in [9.17, 15) is 18.0 Å². The Labute approximate surface area is 370 Å². The number of esters is 1. The molecule has 17 atom stereocenters. The number of hydrogen-bond acceptors (Lipinski definition) is 12. The number of nitrogens with zero attached hydrogens (tertiary/aromatic N) is 1. The number of hydrogen-bond donors (Lipinski definition) is 0. The summed E-state index contributed by atoms with van der Waals surface area (Å²) in [5, 5.41) is 0. The highest BCUT2D eigenvalue weighted by Gasteiger charge is 2.55. The number of carbonyl (C=O) groups excluding carboxylic acids is 2. The Hall–Kier alpha value is -2.89. The van der Waals surface area contributed by atoms with Crippen LogP contribution in [0, 0.1) is 35.5 Å². The molecule has 352 valence electrons. The molecule has 0 amide bonds. The zero-order valence-corrected chi connectivity index (χ0v) is 38.2. The van der Waals surface area contributed by atoms with Gasteiger partial charge < -0.3 is 47.5 Å². The number of ether oxygens (including phenoxy) is 9. The normalized spacial score (nSPS) is 40.2. The van der Waals surface area contributed by atoms with E-state index < -0.39 is 49.1 Å². The van der Waals surface area contributed by atoms with Gasteiger partial charge in [-0.2, -0.15) is 0 Å². The number of methoxy groups -OCH3 is 3. The van der Waals surface area contributed by atoms with Crippen LogP contribution in [0.3, 0.4) is 0 Å². The van der Waals surface area contributed by atoms with E-state index in [-0.39, 0.29) is 84.2 Å². The summed E-state index contributed by atoms with van der Waals surface area (Å²) in [5.74, 6) is -2.39. The van der Waals surface area contributed by atoms with Crippen LogP contribution in [0.5, 0.6) is 5.75 Å². The van der Waals surface area contributed by atoms with Crippen LogP contribution in [-0.2, 0) is 47.5 Å². The zero-order chi connectivity index (χ0) is 45.3. The summed E-state index contributed by atoms with van der Waals surface area (Å²) >= 11 is 0. The van der Waals surface area contributed by atoms with Crippen molar-refractivity contribution in [2.24, 2.45) is 35.5 Å². The largest absolute Gasteiger partial charge is 0.573 e. The predicted molar refractivity (Wildman–Crippen MR) is 226 cm³/mol. The van der Waals surface area contributed by atoms with Crippen LogP contribution >= 0.6 is 0 Å². The van der Waals surface area contributed by atoms with Gasteiger partial charge in [0.2, 0.25) is 0 Å². The minimum Gasteiger partial charge on any atom is -0.462 e. The molecule has 3 aliphatic heterocycles. The fourth-order valence-corrected chi connectivity index (χ4v) is 11.7. The van der Waals surface area contributed by atoms with E-state index in [4.69, 9.17) is 37.9 Å². The first-order valence-electron chi connectivity index (χ1n) is 22.9. The van der Waals surface area contributed by atoms with Crippen molar-refractivity contribution in [3.63, 3.8) is 0 Å².